The molecular weight excluding hydrogens is 690 g/mol. The van der Waals surface area contributed by atoms with E-state index in [4.69, 9.17) is 5.73 Å². The minimum absolute atomic E-state index is 0.0172. The second-order valence-electron chi connectivity index (χ2n) is 14.1. The van der Waals surface area contributed by atoms with Gasteiger partial charge in [0.2, 0.25) is 35.4 Å². The van der Waals surface area contributed by atoms with Gasteiger partial charge in [-0.25, -0.2) is 4.79 Å². The molecular formula is C36H51N7O10. The number of carbonyl (C=O) groups is 7. The number of hydrogen-bond donors (Lipinski definition) is 10. The quantitative estimate of drug-likeness (QED) is 0.0752. The van der Waals surface area contributed by atoms with Gasteiger partial charge in [-0.05, 0) is 52.7 Å². The van der Waals surface area contributed by atoms with E-state index in [2.05, 4.69) is 31.9 Å². The summed E-state index contributed by atoms with van der Waals surface area (Å²) in [5.41, 5.74) is 1.84. The summed E-state index contributed by atoms with van der Waals surface area (Å²) in [5, 5.41) is 43.6. The van der Waals surface area contributed by atoms with Crippen LogP contribution in [-0.2, 0) is 46.4 Å². The number of hydrogen-bond acceptors (Lipinski definition) is 10. The maximum Gasteiger partial charge on any atom is 0.328 e. The van der Waals surface area contributed by atoms with Crippen LogP contribution in [0.4, 0.5) is 0 Å². The minimum Gasteiger partial charge on any atom is -0.480 e. The van der Waals surface area contributed by atoms with E-state index in [1.165, 1.54) is 41.5 Å². The van der Waals surface area contributed by atoms with E-state index in [0.717, 1.165) is 0 Å². The molecule has 17 nitrogen and oxygen atoms in total. The number of benzene rings is 2. The predicted octanol–water partition coefficient (Wildman–Crippen LogP) is -1.99. The molecule has 0 aliphatic rings. The third-order valence-corrected chi connectivity index (χ3v) is 8.14. The maximum atomic E-state index is 13.6. The summed E-state index contributed by atoms with van der Waals surface area (Å²) in [6, 6.07) is 11.7. The molecule has 0 saturated carbocycles. The van der Waals surface area contributed by atoms with Crippen molar-refractivity contribution in [3.8, 4) is 0 Å². The molecule has 0 saturated heterocycles. The molecule has 0 fully saturated rings. The van der Waals surface area contributed by atoms with E-state index >= 15 is 0 Å². The van der Waals surface area contributed by atoms with Crippen LogP contribution in [0, 0.1) is 0 Å². The van der Waals surface area contributed by atoms with Crippen LogP contribution in [0.3, 0.4) is 0 Å². The van der Waals surface area contributed by atoms with E-state index in [1.54, 1.807) is 60.7 Å². The van der Waals surface area contributed by atoms with Crippen LogP contribution in [0.1, 0.15) is 52.7 Å². The zero-order valence-electron chi connectivity index (χ0n) is 30.7. The summed E-state index contributed by atoms with van der Waals surface area (Å²) in [4.78, 5) is 91.0. The molecule has 53 heavy (non-hydrogen) atoms. The molecule has 0 bridgehead atoms. The molecule has 0 aromatic heterocycles. The third-order valence-electron chi connectivity index (χ3n) is 8.14. The first-order valence-corrected chi connectivity index (χ1v) is 16.8. The first kappa shape index (κ1) is 43.8. The Bertz CT molecular complexity index is 1620. The summed E-state index contributed by atoms with van der Waals surface area (Å²) in [6.07, 6.45) is -0.0769. The lowest BCUT2D eigenvalue weighted by molar-refractivity contribution is -0.146. The minimum atomic E-state index is -1.73. The first-order chi connectivity index (χ1) is 24.6. The van der Waals surface area contributed by atoms with Gasteiger partial charge < -0.3 is 53.0 Å². The molecule has 2 aromatic carbocycles. The number of aliphatic hydroxyl groups is 2. The van der Waals surface area contributed by atoms with Gasteiger partial charge in [0.1, 0.15) is 40.8 Å². The smallest absolute Gasteiger partial charge is 0.328 e. The molecule has 6 amide bonds. The number of carbonyl (C=O) groups excluding carboxylic acids is 6. The van der Waals surface area contributed by atoms with Crippen LogP contribution >= 0.6 is 0 Å². The van der Waals surface area contributed by atoms with E-state index in [0.29, 0.717) is 11.1 Å². The molecule has 17 heteroatoms. The van der Waals surface area contributed by atoms with Crippen molar-refractivity contribution in [2.75, 3.05) is 13.2 Å². The van der Waals surface area contributed by atoms with Crippen LogP contribution in [0.25, 0.3) is 0 Å². The van der Waals surface area contributed by atoms with Crippen LogP contribution in [-0.4, -0.2) is 111 Å². The topological polar surface area (TPSA) is 278 Å². The van der Waals surface area contributed by atoms with Crippen molar-refractivity contribution in [3.63, 3.8) is 0 Å². The van der Waals surface area contributed by atoms with Gasteiger partial charge >= 0.3 is 5.97 Å². The number of nitrogens with one attached hydrogen (secondary N) is 6. The number of aliphatic hydroxyl groups excluding tert-OH is 2. The second-order valence-corrected chi connectivity index (χ2v) is 14.1. The molecule has 0 spiro atoms. The van der Waals surface area contributed by atoms with Gasteiger partial charge in [-0.15, -0.1) is 0 Å². The highest BCUT2D eigenvalue weighted by Crippen LogP contribution is 2.12. The fraction of sp³-hybridized carbons (Fsp3) is 0.472. The molecule has 0 radical (unpaired) electrons. The normalized spacial score (nSPS) is 14.0. The number of carboxylic acid groups (broad SMARTS) is 1. The van der Waals surface area contributed by atoms with E-state index in [-0.39, 0.29) is 12.8 Å². The zero-order valence-corrected chi connectivity index (χ0v) is 30.7. The Morgan fingerprint density at radius 1 is 0.547 bits per heavy atom. The standard InChI is InChI=1S/C36H51N7O10/c1-34(2,41-27(46)23(37)19-44)31(50)39-24(17-21-13-9-7-10-14-21)28(47)38-26(20-45)30(49)42-35(3,4)32(51)40-25(18-22-15-11-8-12-16-22)29(48)43-36(5,6)33(52)53/h7-16,23-26,44-45H,17-20,37H2,1-6H3,(H,38,47)(H,39,50)(H,40,51)(H,41,46)(H,42,49)(H,43,48)(H,52,53)/t23-,24-,25-,26-/m0/s1. The van der Waals surface area contributed by atoms with Crippen molar-refractivity contribution in [1.82, 2.24) is 31.9 Å². The summed E-state index contributed by atoms with van der Waals surface area (Å²) < 4.78 is 0. The molecule has 0 aliphatic carbocycles. The fourth-order valence-electron chi connectivity index (χ4n) is 4.70. The Labute approximate surface area is 307 Å². The van der Waals surface area contributed by atoms with Gasteiger partial charge in [-0.3, -0.25) is 28.8 Å². The zero-order chi connectivity index (χ0) is 40.1. The number of carboxylic acids is 1. The fourth-order valence-corrected chi connectivity index (χ4v) is 4.70. The molecule has 0 aliphatic heterocycles. The number of nitrogens with two attached hydrogens (primary N) is 1. The molecule has 2 rings (SSSR count). The second kappa shape index (κ2) is 18.9. The Morgan fingerprint density at radius 3 is 1.32 bits per heavy atom. The molecule has 2 aromatic rings. The largest absolute Gasteiger partial charge is 0.480 e. The van der Waals surface area contributed by atoms with Crippen molar-refractivity contribution in [3.05, 3.63) is 71.8 Å². The highest BCUT2D eigenvalue weighted by Gasteiger charge is 2.39. The highest BCUT2D eigenvalue weighted by atomic mass is 16.4. The van der Waals surface area contributed by atoms with E-state index in [9.17, 15) is 48.9 Å². The lowest BCUT2D eigenvalue weighted by Gasteiger charge is -2.31. The Hall–Kier alpha value is -5.39. The van der Waals surface area contributed by atoms with Crippen molar-refractivity contribution < 1.29 is 48.9 Å². The Balaban J connectivity index is 2.25. The predicted molar refractivity (Wildman–Crippen MR) is 193 cm³/mol. The summed E-state index contributed by atoms with van der Waals surface area (Å²) >= 11 is 0. The first-order valence-electron chi connectivity index (χ1n) is 16.8. The van der Waals surface area contributed by atoms with Crippen molar-refractivity contribution in [2.45, 2.75) is 95.2 Å². The van der Waals surface area contributed by atoms with Gasteiger partial charge in [0, 0.05) is 12.8 Å². The van der Waals surface area contributed by atoms with E-state index < -0.39 is 95.4 Å². The Morgan fingerprint density at radius 2 is 0.925 bits per heavy atom. The van der Waals surface area contributed by atoms with Crippen LogP contribution < -0.4 is 37.6 Å². The van der Waals surface area contributed by atoms with Crippen molar-refractivity contribution in [1.29, 1.82) is 0 Å². The third kappa shape index (κ3) is 13.3. The molecule has 0 heterocycles. The lowest BCUT2D eigenvalue weighted by atomic mass is 9.99. The SMILES string of the molecule is CC(C)(NC(=O)[C@H](Cc1ccccc1)NC(=O)C(C)(C)NC(=O)[C@H](CO)NC(=O)[C@H](Cc1ccccc1)NC(=O)C(C)(C)NC(=O)[C@@H](N)CO)C(=O)O. The average molecular weight is 742 g/mol. The molecule has 290 valence electrons. The number of aliphatic carboxylic acids is 1. The highest BCUT2D eigenvalue weighted by molar-refractivity contribution is 5.99. The molecule has 11 N–H and O–H groups in total. The summed E-state index contributed by atoms with van der Waals surface area (Å²) in [7, 11) is 0. The van der Waals surface area contributed by atoms with Crippen LogP contribution in [0.15, 0.2) is 60.7 Å². The number of amides is 6. The number of rotatable bonds is 19. The van der Waals surface area contributed by atoms with Crippen LogP contribution in [0.2, 0.25) is 0 Å². The summed E-state index contributed by atoms with van der Waals surface area (Å²) in [6.45, 7) is 6.36. The monoisotopic (exact) mass is 741 g/mol. The van der Waals surface area contributed by atoms with Gasteiger partial charge in [-0.1, -0.05) is 60.7 Å². The van der Waals surface area contributed by atoms with Crippen LogP contribution in [0.5, 0.6) is 0 Å². The average Bonchev–Trinajstić information content (AvgIpc) is 3.09. The van der Waals surface area contributed by atoms with Gasteiger partial charge in [-0.2, -0.15) is 0 Å². The van der Waals surface area contributed by atoms with Gasteiger partial charge in [0.05, 0.1) is 13.2 Å². The molecule has 0 unspecified atom stereocenters. The Kier molecular flexibility index (Phi) is 15.6. The summed E-state index contributed by atoms with van der Waals surface area (Å²) in [5.74, 6) is -6.39. The van der Waals surface area contributed by atoms with Gasteiger partial charge in [0.25, 0.3) is 0 Å². The van der Waals surface area contributed by atoms with E-state index in [1.807, 2.05) is 0 Å². The van der Waals surface area contributed by atoms with Gasteiger partial charge in [0.15, 0.2) is 0 Å². The van der Waals surface area contributed by atoms with Crippen molar-refractivity contribution in [2.24, 2.45) is 5.73 Å². The van der Waals surface area contributed by atoms with Crippen molar-refractivity contribution >= 4 is 41.4 Å². The maximum absolute atomic E-state index is 13.6. The molecule has 4 atom stereocenters. The lowest BCUT2D eigenvalue weighted by Crippen LogP contribution is -2.65.